The van der Waals surface area contributed by atoms with E-state index >= 15 is 0 Å². The van der Waals surface area contributed by atoms with Crippen LogP contribution in [-0.2, 0) is 4.74 Å². The lowest BCUT2D eigenvalue weighted by molar-refractivity contribution is -0.000810. The second kappa shape index (κ2) is 11.0. The first-order chi connectivity index (χ1) is 11.7. The van der Waals surface area contributed by atoms with Crippen molar-refractivity contribution in [1.29, 1.82) is 0 Å². The van der Waals surface area contributed by atoms with Gasteiger partial charge in [-0.15, -0.1) is 0 Å². The molecule has 6 nitrogen and oxygen atoms in total. The molecule has 1 aliphatic rings. The van der Waals surface area contributed by atoms with Crippen molar-refractivity contribution in [1.82, 2.24) is 9.80 Å². The molecule has 0 amide bonds. The van der Waals surface area contributed by atoms with Gasteiger partial charge in [-0.25, -0.2) is 0 Å². The predicted octanol–water partition coefficient (Wildman–Crippen LogP) is 0.815. The number of aliphatic hydroxyl groups is 2. The molecule has 1 aliphatic heterocycles. The molecule has 0 saturated carbocycles. The summed E-state index contributed by atoms with van der Waals surface area (Å²) >= 11 is 3.43. The predicted molar refractivity (Wildman–Crippen MR) is 96.4 cm³/mol. The van der Waals surface area contributed by atoms with Crippen LogP contribution in [0.1, 0.15) is 0 Å². The molecule has 1 atom stereocenters. The zero-order chi connectivity index (χ0) is 17.2. The molecule has 2 N–H and O–H groups in total. The molecule has 1 fully saturated rings. The number of aliphatic hydroxyl groups excluding tert-OH is 2. The van der Waals surface area contributed by atoms with Crippen LogP contribution in [-0.4, -0.2) is 91.8 Å². The Kier molecular flexibility index (Phi) is 9.01. The van der Waals surface area contributed by atoms with E-state index in [1.165, 1.54) is 0 Å². The summed E-state index contributed by atoms with van der Waals surface area (Å²) in [6, 6.07) is 7.69. The Bertz CT molecular complexity index is 470. The maximum Gasteiger partial charge on any atom is 0.133 e. The number of benzene rings is 1. The fraction of sp³-hybridized carbons (Fsp3) is 0.647. The van der Waals surface area contributed by atoms with Gasteiger partial charge in [-0.05, 0) is 28.1 Å². The Balaban J connectivity index is 1.52. The van der Waals surface area contributed by atoms with Crippen LogP contribution in [0.4, 0.5) is 0 Å². The molecule has 0 aliphatic carbocycles. The van der Waals surface area contributed by atoms with Gasteiger partial charge in [-0.1, -0.05) is 12.1 Å². The number of hydrogen-bond acceptors (Lipinski definition) is 6. The van der Waals surface area contributed by atoms with Crippen molar-refractivity contribution in [3.05, 3.63) is 28.7 Å². The molecule has 24 heavy (non-hydrogen) atoms. The minimum absolute atomic E-state index is 0.206. The smallest absolute Gasteiger partial charge is 0.133 e. The van der Waals surface area contributed by atoms with Crippen LogP contribution in [0.15, 0.2) is 28.7 Å². The summed E-state index contributed by atoms with van der Waals surface area (Å²) in [6.45, 7) is 6.49. The molecule has 1 heterocycles. The number of halogens is 1. The lowest BCUT2D eigenvalue weighted by Gasteiger charge is -2.35. The number of ether oxygens (including phenoxy) is 2. The van der Waals surface area contributed by atoms with Crippen LogP contribution in [0.5, 0.6) is 5.75 Å². The summed E-state index contributed by atoms with van der Waals surface area (Å²) in [5.74, 6) is 0.794. The Morgan fingerprint density at radius 1 is 1.08 bits per heavy atom. The van der Waals surface area contributed by atoms with Gasteiger partial charge < -0.3 is 19.7 Å². The summed E-state index contributed by atoms with van der Waals surface area (Å²) in [5.41, 5.74) is 0. The van der Waals surface area contributed by atoms with Crippen LogP contribution < -0.4 is 4.74 Å². The van der Waals surface area contributed by atoms with E-state index in [-0.39, 0.29) is 6.61 Å². The second-order valence-corrected chi connectivity index (χ2v) is 6.73. The molecular formula is C17H27BrN2O4. The molecule has 0 radical (unpaired) electrons. The monoisotopic (exact) mass is 402 g/mol. The van der Waals surface area contributed by atoms with E-state index in [4.69, 9.17) is 14.6 Å². The Morgan fingerprint density at radius 3 is 2.50 bits per heavy atom. The van der Waals surface area contributed by atoms with Crippen molar-refractivity contribution < 1.29 is 19.7 Å². The SMILES string of the molecule is OCCN1CCN(CC(O)COCCOc2ccccc2Br)CC1. The maximum atomic E-state index is 10.1. The van der Waals surface area contributed by atoms with Crippen molar-refractivity contribution in [2.75, 3.05) is 65.7 Å². The summed E-state index contributed by atoms with van der Waals surface area (Å²) in [5, 5.41) is 19.0. The number of nitrogens with zero attached hydrogens (tertiary/aromatic N) is 2. The third-order valence-electron chi connectivity index (χ3n) is 3.98. The highest BCUT2D eigenvalue weighted by Crippen LogP contribution is 2.23. The van der Waals surface area contributed by atoms with Gasteiger partial charge in [0, 0.05) is 39.3 Å². The van der Waals surface area contributed by atoms with Crippen molar-refractivity contribution >= 4 is 15.9 Å². The minimum Gasteiger partial charge on any atom is -0.490 e. The molecule has 0 bridgehead atoms. The molecule has 1 aromatic rings. The number of rotatable bonds is 10. The van der Waals surface area contributed by atoms with Crippen molar-refractivity contribution in [2.24, 2.45) is 0 Å². The highest BCUT2D eigenvalue weighted by atomic mass is 79.9. The van der Waals surface area contributed by atoms with E-state index in [0.29, 0.717) is 26.4 Å². The third kappa shape index (κ3) is 7.04. The molecular weight excluding hydrogens is 376 g/mol. The third-order valence-corrected chi connectivity index (χ3v) is 4.64. The molecule has 7 heteroatoms. The van der Waals surface area contributed by atoms with Crippen LogP contribution >= 0.6 is 15.9 Å². The molecule has 0 aromatic heterocycles. The zero-order valence-corrected chi connectivity index (χ0v) is 15.5. The van der Waals surface area contributed by atoms with E-state index in [2.05, 4.69) is 25.7 Å². The fourth-order valence-corrected chi connectivity index (χ4v) is 3.08. The first-order valence-corrected chi connectivity index (χ1v) is 9.17. The van der Waals surface area contributed by atoms with Crippen LogP contribution in [0.3, 0.4) is 0 Å². The van der Waals surface area contributed by atoms with Gasteiger partial charge in [0.05, 0.1) is 30.4 Å². The Morgan fingerprint density at radius 2 is 1.79 bits per heavy atom. The quantitative estimate of drug-likeness (QED) is 0.564. The summed E-state index contributed by atoms with van der Waals surface area (Å²) in [6.07, 6.45) is -0.488. The molecule has 1 unspecified atom stereocenters. The lowest BCUT2D eigenvalue weighted by Crippen LogP contribution is -2.49. The van der Waals surface area contributed by atoms with Gasteiger partial charge in [0.2, 0.25) is 0 Å². The van der Waals surface area contributed by atoms with Gasteiger partial charge >= 0.3 is 0 Å². The second-order valence-electron chi connectivity index (χ2n) is 5.87. The van der Waals surface area contributed by atoms with Crippen molar-refractivity contribution in [3.63, 3.8) is 0 Å². The van der Waals surface area contributed by atoms with Gasteiger partial charge in [-0.2, -0.15) is 0 Å². The summed E-state index contributed by atoms with van der Waals surface area (Å²) < 4.78 is 12.0. The number of β-amino-alcohol motifs (C(OH)–C–C–N with tert-alkyl or cyclic N) is 2. The molecule has 1 saturated heterocycles. The lowest BCUT2D eigenvalue weighted by atomic mass is 10.2. The average molecular weight is 403 g/mol. The number of para-hydroxylation sites is 1. The molecule has 2 rings (SSSR count). The van der Waals surface area contributed by atoms with E-state index in [0.717, 1.165) is 42.9 Å². The van der Waals surface area contributed by atoms with E-state index in [1.807, 2.05) is 24.3 Å². The van der Waals surface area contributed by atoms with Crippen LogP contribution in [0.2, 0.25) is 0 Å². The minimum atomic E-state index is -0.488. The summed E-state index contributed by atoms with van der Waals surface area (Å²) in [4.78, 5) is 4.47. The topological polar surface area (TPSA) is 65.4 Å². The van der Waals surface area contributed by atoms with Gasteiger partial charge in [0.15, 0.2) is 0 Å². The van der Waals surface area contributed by atoms with E-state index < -0.39 is 6.10 Å². The first-order valence-electron chi connectivity index (χ1n) is 8.37. The van der Waals surface area contributed by atoms with Gasteiger partial charge in [0.25, 0.3) is 0 Å². The van der Waals surface area contributed by atoms with Crippen LogP contribution in [0.25, 0.3) is 0 Å². The largest absolute Gasteiger partial charge is 0.490 e. The van der Waals surface area contributed by atoms with Gasteiger partial charge in [0.1, 0.15) is 12.4 Å². The molecule has 136 valence electrons. The highest BCUT2D eigenvalue weighted by molar-refractivity contribution is 9.10. The van der Waals surface area contributed by atoms with Crippen LogP contribution in [0, 0.1) is 0 Å². The van der Waals surface area contributed by atoms with Crippen molar-refractivity contribution in [3.8, 4) is 5.75 Å². The first kappa shape index (κ1) is 19.6. The van der Waals surface area contributed by atoms with E-state index in [9.17, 15) is 5.11 Å². The zero-order valence-electron chi connectivity index (χ0n) is 13.9. The Labute approximate surface area is 152 Å². The molecule has 1 aromatic carbocycles. The number of hydrogen-bond donors (Lipinski definition) is 2. The fourth-order valence-electron chi connectivity index (χ4n) is 2.68. The van der Waals surface area contributed by atoms with Crippen molar-refractivity contribution in [2.45, 2.75) is 6.10 Å². The molecule has 0 spiro atoms. The maximum absolute atomic E-state index is 10.1. The average Bonchev–Trinajstić information content (AvgIpc) is 2.58. The normalized spacial score (nSPS) is 17.8. The van der Waals surface area contributed by atoms with E-state index in [1.54, 1.807) is 0 Å². The number of piperazine rings is 1. The Hall–Kier alpha value is -0.700. The highest BCUT2D eigenvalue weighted by Gasteiger charge is 2.18. The standard InChI is InChI=1S/C17H27BrN2O4/c18-16-3-1-2-4-17(16)24-12-11-23-14-15(22)13-20-7-5-19(6-8-20)9-10-21/h1-4,15,21-22H,5-14H2. The van der Waals surface area contributed by atoms with Gasteiger partial charge in [-0.3, -0.25) is 9.80 Å². The summed E-state index contributed by atoms with van der Waals surface area (Å²) in [7, 11) is 0.